The lowest BCUT2D eigenvalue weighted by molar-refractivity contribution is -0.117. The van der Waals surface area contributed by atoms with Crippen LogP contribution in [0.5, 0.6) is 0 Å². The van der Waals surface area contributed by atoms with Gasteiger partial charge in [0.1, 0.15) is 5.58 Å². The molecule has 1 atom stereocenters. The number of furan rings is 1. The number of carbonyl (C=O) groups excluding carboxylic acids is 2. The van der Waals surface area contributed by atoms with E-state index in [2.05, 4.69) is 25.9 Å². The second kappa shape index (κ2) is 7.89. The summed E-state index contributed by atoms with van der Waals surface area (Å²) >= 11 is 4.73. The number of nitrogens with zero attached hydrogens (tertiary/aromatic N) is 3. The Kier molecular flexibility index (Phi) is 4.82. The van der Waals surface area contributed by atoms with E-state index in [1.54, 1.807) is 36.7 Å². The van der Waals surface area contributed by atoms with Gasteiger partial charge >= 0.3 is 0 Å². The molecule has 0 bridgehead atoms. The third kappa shape index (κ3) is 3.24. The molecule has 9 heteroatoms. The van der Waals surface area contributed by atoms with Crippen molar-refractivity contribution >= 4 is 65.3 Å². The number of hydrogen-bond acceptors (Lipinski definition) is 7. The number of anilines is 1. The smallest absolute Gasteiger partial charge is 0.296 e. The highest BCUT2D eigenvalue weighted by molar-refractivity contribution is 9.10. The molecule has 1 N–H and O–H groups in total. The molecule has 1 aliphatic heterocycles. The number of hydrogen-bond donors (Lipinski definition) is 1. The lowest BCUT2D eigenvalue weighted by Gasteiger charge is -2.24. The fraction of sp³-hybridized carbons (Fsp3) is 0.0400. The zero-order valence-corrected chi connectivity index (χ0v) is 19.7. The Morgan fingerprint density at radius 1 is 1.09 bits per heavy atom. The average Bonchev–Trinajstić information content (AvgIpc) is 3.53. The number of aromatic nitrogens is 2. The largest absolute Gasteiger partial charge is 0.503 e. The normalized spacial score (nSPS) is 16.2. The number of carbonyl (C=O) groups is 2. The van der Waals surface area contributed by atoms with Crippen LogP contribution in [0, 0.1) is 0 Å². The molecule has 1 amide bonds. The minimum Gasteiger partial charge on any atom is -0.503 e. The summed E-state index contributed by atoms with van der Waals surface area (Å²) in [5.74, 6) is -1.84. The first-order valence-electron chi connectivity index (χ1n) is 10.3. The Hall–Kier alpha value is -3.82. The maximum absolute atomic E-state index is 13.7. The molecular weight excluding hydrogens is 518 g/mol. The van der Waals surface area contributed by atoms with E-state index in [4.69, 9.17) is 4.42 Å². The zero-order valence-electron chi connectivity index (χ0n) is 17.3. The molecule has 0 fully saturated rings. The lowest BCUT2D eigenvalue weighted by Crippen LogP contribution is -2.30. The highest BCUT2D eigenvalue weighted by atomic mass is 79.9. The first-order chi connectivity index (χ1) is 16.5. The van der Waals surface area contributed by atoms with Crippen LogP contribution in [0.1, 0.15) is 22.2 Å². The summed E-state index contributed by atoms with van der Waals surface area (Å²) in [6.45, 7) is 0. The molecule has 34 heavy (non-hydrogen) atoms. The van der Waals surface area contributed by atoms with Gasteiger partial charge < -0.3 is 9.52 Å². The second-order valence-electron chi connectivity index (χ2n) is 7.71. The number of para-hydroxylation sites is 1. The Bertz CT molecular complexity index is 1610. The number of benzene rings is 2. The van der Waals surface area contributed by atoms with Gasteiger partial charge in [-0.25, -0.2) is 4.98 Å². The maximum Gasteiger partial charge on any atom is 0.296 e. The molecule has 7 nitrogen and oxygen atoms in total. The fourth-order valence-electron chi connectivity index (χ4n) is 4.12. The van der Waals surface area contributed by atoms with E-state index >= 15 is 0 Å². The molecular formula is C25H14BrN3O4S. The van der Waals surface area contributed by atoms with E-state index in [0.717, 1.165) is 20.1 Å². The van der Waals surface area contributed by atoms with Gasteiger partial charge in [-0.3, -0.25) is 19.5 Å². The van der Waals surface area contributed by atoms with Crippen molar-refractivity contribution in [3.05, 3.63) is 100 Å². The van der Waals surface area contributed by atoms with Crippen molar-refractivity contribution in [3.8, 4) is 0 Å². The summed E-state index contributed by atoms with van der Waals surface area (Å²) in [5.41, 5.74) is 1.81. The van der Waals surface area contributed by atoms with Crippen LogP contribution in [-0.4, -0.2) is 26.8 Å². The van der Waals surface area contributed by atoms with Gasteiger partial charge in [0.05, 0.1) is 21.8 Å². The Labute approximate surface area is 205 Å². The average molecular weight is 532 g/mol. The number of aliphatic hydroxyl groups excluding tert-OH is 1. The number of Topliss-reactive ketones (excluding diaryl/α,β-unsaturated/α-hetero) is 1. The summed E-state index contributed by atoms with van der Waals surface area (Å²) in [6, 6.07) is 17.0. The number of rotatable bonds is 4. The highest BCUT2D eigenvalue weighted by Gasteiger charge is 2.46. The second-order valence-corrected chi connectivity index (χ2v) is 9.63. The van der Waals surface area contributed by atoms with Crippen LogP contribution >= 0.6 is 27.3 Å². The number of pyridine rings is 1. The topological polar surface area (TPSA) is 96.5 Å². The number of thiazole rings is 1. The zero-order chi connectivity index (χ0) is 23.4. The van der Waals surface area contributed by atoms with Gasteiger partial charge in [-0.2, -0.15) is 0 Å². The molecule has 1 aliphatic rings. The summed E-state index contributed by atoms with van der Waals surface area (Å²) in [7, 11) is 0. The van der Waals surface area contributed by atoms with Crippen molar-refractivity contribution in [2.24, 2.45) is 0 Å². The standard InChI is InChI=1S/C25H14BrN3O4S/c26-15-5-6-17-14(11-15)12-18(33-17)22(30)20-21(13-7-9-27-10-8-13)29(24(32)23(20)31)25-28-16-3-1-2-4-19(16)34-25/h1-12,21,31H. The SMILES string of the molecule is O=C(C1=C(O)C(=O)N(c2nc3ccccc3s2)C1c1ccncc1)c1cc2cc(Br)ccc2o1. The van der Waals surface area contributed by atoms with Crippen LogP contribution in [-0.2, 0) is 4.79 Å². The van der Waals surface area contributed by atoms with E-state index in [0.29, 0.717) is 16.3 Å². The molecule has 1 unspecified atom stereocenters. The molecule has 166 valence electrons. The van der Waals surface area contributed by atoms with Gasteiger partial charge in [0.15, 0.2) is 16.7 Å². The Morgan fingerprint density at radius 3 is 2.68 bits per heavy atom. The number of fused-ring (bicyclic) bond motifs is 2. The van der Waals surface area contributed by atoms with Crippen molar-refractivity contribution in [1.29, 1.82) is 0 Å². The van der Waals surface area contributed by atoms with Crippen molar-refractivity contribution < 1.29 is 19.1 Å². The van der Waals surface area contributed by atoms with Crippen molar-refractivity contribution in [2.75, 3.05) is 4.90 Å². The predicted molar refractivity (Wildman–Crippen MR) is 132 cm³/mol. The summed E-state index contributed by atoms with van der Waals surface area (Å²) in [5, 5.41) is 12.0. The Morgan fingerprint density at radius 2 is 1.88 bits per heavy atom. The van der Waals surface area contributed by atoms with Crippen molar-refractivity contribution in [1.82, 2.24) is 9.97 Å². The van der Waals surface area contributed by atoms with E-state index in [1.165, 1.54) is 16.2 Å². The summed E-state index contributed by atoms with van der Waals surface area (Å²) in [4.78, 5) is 37.0. The number of amides is 1. The first kappa shape index (κ1) is 20.8. The maximum atomic E-state index is 13.7. The van der Waals surface area contributed by atoms with Gasteiger partial charge in [0, 0.05) is 22.3 Å². The van der Waals surface area contributed by atoms with Gasteiger partial charge in [0.25, 0.3) is 5.91 Å². The molecule has 0 radical (unpaired) electrons. The van der Waals surface area contributed by atoms with Crippen LogP contribution in [0.4, 0.5) is 5.13 Å². The molecule has 0 saturated heterocycles. The predicted octanol–water partition coefficient (Wildman–Crippen LogP) is 5.98. The molecule has 6 rings (SSSR count). The molecule has 4 heterocycles. The molecule has 0 aliphatic carbocycles. The van der Waals surface area contributed by atoms with Crippen LogP contribution in [0.25, 0.3) is 21.2 Å². The number of halogens is 1. The van der Waals surface area contributed by atoms with E-state index in [9.17, 15) is 14.7 Å². The van der Waals surface area contributed by atoms with Gasteiger partial charge in [-0.05, 0) is 54.1 Å². The minimum atomic E-state index is -0.886. The molecule has 5 aromatic rings. The van der Waals surface area contributed by atoms with E-state index in [1.807, 2.05) is 36.4 Å². The van der Waals surface area contributed by atoms with Gasteiger partial charge in [-0.1, -0.05) is 39.4 Å². The third-order valence-corrected chi connectivity index (χ3v) is 7.19. The first-order valence-corrected chi connectivity index (χ1v) is 11.9. The van der Waals surface area contributed by atoms with Crippen LogP contribution < -0.4 is 4.90 Å². The van der Waals surface area contributed by atoms with E-state index < -0.39 is 23.5 Å². The summed E-state index contributed by atoms with van der Waals surface area (Å²) in [6.07, 6.45) is 3.15. The van der Waals surface area contributed by atoms with Crippen LogP contribution in [0.2, 0.25) is 0 Å². The molecule has 3 aromatic heterocycles. The van der Waals surface area contributed by atoms with Gasteiger partial charge in [-0.15, -0.1) is 0 Å². The van der Waals surface area contributed by atoms with Crippen LogP contribution in [0.15, 0.2) is 93.3 Å². The third-order valence-electron chi connectivity index (χ3n) is 5.67. The van der Waals surface area contributed by atoms with Crippen molar-refractivity contribution in [2.45, 2.75) is 6.04 Å². The van der Waals surface area contributed by atoms with Crippen molar-refractivity contribution in [3.63, 3.8) is 0 Å². The number of ketones is 1. The lowest BCUT2D eigenvalue weighted by atomic mass is 9.96. The van der Waals surface area contributed by atoms with Gasteiger partial charge in [0.2, 0.25) is 5.78 Å². The fourth-order valence-corrected chi connectivity index (χ4v) is 5.49. The number of aliphatic hydroxyl groups is 1. The van der Waals surface area contributed by atoms with Crippen LogP contribution in [0.3, 0.4) is 0 Å². The molecule has 0 spiro atoms. The molecule has 0 saturated carbocycles. The minimum absolute atomic E-state index is 0.0349. The molecule has 2 aromatic carbocycles. The van der Waals surface area contributed by atoms with E-state index in [-0.39, 0.29) is 11.3 Å². The quantitative estimate of drug-likeness (QED) is 0.286. The monoisotopic (exact) mass is 531 g/mol. The Balaban J connectivity index is 1.50. The summed E-state index contributed by atoms with van der Waals surface area (Å²) < 4.78 is 7.52. The highest BCUT2D eigenvalue weighted by Crippen LogP contribution is 2.44.